The summed E-state index contributed by atoms with van der Waals surface area (Å²) in [7, 11) is 4.56. The summed E-state index contributed by atoms with van der Waals surface area (Å²) in [6, 6.07) is 2.44. The lowest BCUT2D eigenvalue weighted by atomic mass is 9.80. The van der Waals surface area contributed by atoms with Crippen molar-refractivity contribution in [3.05, 3.63) is 0 Å². The number of likely N-dealkylation sites (tertiary alicyclic amines) is 1. The van der Waals surface area contributed by atoms with Gasteiger partial charge in [0.25, 0.3) is 0 Å². The van der Waals surface area contributed by atoms with Gasteiger partial charge >= 0.3 is 0 Å². The Morgan fingerprint density at radius 2 is 1.85 bits per heavy atom. The average Bonchev–Trinajstić information content (AvgIpc) is 3.21. The van der Waals surface area contributed by atoms with Crippen molar-refractivity contribution in [1.82, 2.24) is 15.1 Å². The highest BCUT2D eigenvalue weighted by atomic mass is 15.3. The highest BCUT2D eigenvalue weighted by Gasteiger charge is 2.40. The topological polar surface area (TPSA) is 18.5 Å². The molecule has 2 aliphatic carbocycles. The Bertz CT molecular complexity index is 318. The molecule has 3 nitrogen and oxygen atoms in total. The van der Waals surface area contributed by atoms with Crippen LogP contribution >= 0.6 is 0 Å². The van der Waals surface area contributed by atoms with E-state index in [2.05, 4.69) is 36.1 Å². The van der Waals surface area contributed by atoms with E-state index in [9.17, 15) is 0 Å². The van der Waals surface area contributed by atoms with Gasteiger partial charge in [-0.15, -0.1) is 0 Å². The SMILES string of the molecule is CC1CC(NCC2(N(C)C)CCCCC2)CN1C1CC1. The number of likely N-dealkylation sites (N-methyl/N-ethyl adjacent to an activating group) is 1. The summed E-state index contributed by atoms with van der Waals surface area (Å²) in [5.74, 6) is 0. The lowest BCUT2D eigenvalue weighted by Crippen LogP contribution is -2.54. The van der Waals surface area contributed by atoms with Gasteiger partial charge in [0, 0.05) is 36.8 Å². The van der Waals surface area contributed by atoms with Gasteiger partial charge in [-0.25, -0.2) is 0 Å². The summed E-state index contributed by atoms with van der Waals surface area (Å²) in [5, 5.41) is 3.93. The fourth-order valence-corrected chi connectivity index (χ4v) is 4.45. The van der Waals surface area contributed by atoms with Gasteiger partial charge < -0.3 is 10.2 Å². The van der Waals surface area contributed by atoms with Crippen LogP contribution in [0.2, 0.25) is 0 Å². The van der Waals surface area contributed by atoms with Crippen molar-refractivity contribution in [1.29, 1.82) is 0 Å². The van der Waals surface area contributed by atoms with E-state index in [0.717, 1.165) is 18.1 Å². The van der Waals surface area contributed by atoms with E-state index in [1.807, 2.05) is 0 Å². The van der Waals surface area contributed by atoms with E-state index in [0.29, 0.717) is 5.54 Å². The van der Waals surface area contributed by atoms with E-state index < -0.39 is 0 Å². The second-order valence-corrected chi connectivity index (χ2v) is 7.77. The zero-order valence-corrected chi connectivity index (χ0v) is 13.7. The largest absolute Gasteiger partial charge is 0.311 e. The van der Waals surface area contributed by atoms with Crippen LogP contribution in [0.4, 0.5) is 0 Å². The molecule has 0 spiro atoms. The molecule has 116 valence electrons. The lowest BCUT2D eigenvalue weighted by Gasteiger charge is -2.44. The second-order valence-electron chi connectivity index (χ2n) is 7.77. The summed E-state index contributed by atoms with van der Waals surface area (Å²) in [6.45, 7) is 4.90. The van der Waals surface area contributed by atoms with Gasteiger partial charge in [-0.1, -0.05) is 19.3 Å². The van der Waals surface area contributed by atoms with Gasteiger partial charge in [-0.05, 0) is 53.1 Å². The highest BCUT2D eigenvalue weighted by Crippen LogP contribution is 2.34. The Morgan fingerprint density at radius 1 is 1.15 bits per heavy atom. The minimum absolute atomic E-state index is 0.425. The Morgan fingerprint density at radius 3 is 2.45 bits per heavy atom. The molecule has 20 heavy (non-hydrogen) atoms. The standard InChI is InChI=1S/C17H33N3/c1-14-11-15(12-20(14)16-7-8-16)18-13-17(19(2)3)9-5-4-6-10-17/h14-16,18H,4-13H2,1-3H3. The van der Waals surface area contributed by atoms with Gasteiger partial charge in [0.05, 0.1) is 0 Å². The van der Waals surface area contributed by atoms with Crippen LogP contribution in [-0.4, -0.2) is 60.6 Å². The van der Waals surface area contributed by atoms with Crippen molar-refractivity contribution in [2.45, 2.75) is 82.0 Å². The fourth-order valence-electron chi connectivity index (χ4n) is 4.45. The van der Waals surface area contributed by atoms with E-state index in [1.54, 1.807) is 0 Å². The summed E-state index contributed by atoms with van der Waals surface area (Å²) in [6.07, 6.45) is 11.2. The Balaban J connectivity index is 1.52. The van der Waals surface area contributed by atoms with Gasteiger partial charge in [0.15, 0.2) is 0 Å². The molecule has 3 rings (SSSR count). The molecule has 3 fully saturated rings. The van der Waals surface area contributed by atoms with Crippen LogP contribution in [0.1, 0.15) is 58.3 Å². The quantitative estimate of drug-likeness (QED) is 0.834. The third-order valence-electron chi connectivity index (χ3n) is 6.09. The minimum atomic E-state index is 0.425. The Kier molecular flexibility index (Phi) is 4.40. The average molecular weight is 279 g/mol. The first kappa shape index (κ1) is 14.8. The van der Waals surface area contributed by atoms with Gasteiger partial charge in [0.1, 0.15) is 0 Å². The molecular weight excluding hydrogens is 246 g/mol. The third kappa shape index (κ3) is 3.05. The number of nitrogens with one attached hydrogen (secondary N) is 1. The first-order valence-corrected chi connectivity index (χ1v) is 8.77. The van der Waals surface area contributed by atoms with Crippen molar-refractivity contribution in [2.75, 3.05) is 27.2 Å². The van der Waals surface area contributed by atoms with Crippen molar-refractivity contribution < 1.29 is 0 Å². The molecule has 1 N–H and O–H groups in total. The molecule has 0 aromatic rings. The second kappa shape index (κ2) is 5.94. The molecule has 1 heterocycles. The highest BCUT2D eigenvalue weighted by molar-refractivity contribution is 4.98. The molecule has 0 aromatic heterocycles. The van der Waals surface area contributed by atoms with Crippen LogP contribution < -0.4 is 5.32 Å². The van der Waals surface area contributed by atoms with Crippen LogP contribution in [0.15, 0.2) is 0 Å². The first-order chi connectivity index (χ1) is 9.61. The van der Waals surface area contributed by atoms with Crippen LogP contribution in [-0.2, 0) is 0 Å². The predicted octanol–water partition coefficient (Wildman–Crippen LogP) is 2.47. The van der Waals surface area contributed by atoms with Gasteiger partial charge in [-0.3, -0.25) is 4.90 Å². The Labute approximate surface area is 125 Å². The number of rotatable bonds is 5. The van der Waals surface area contributed by atoms with Crippen LogP contribution in [0.25, 0.3) is 0 Å². The number of hydrogen-bond acceptors (Lipinski definition) is 3. The summed E-state index contributed by atoms with van der Waals surface area (Å²) in [4.78, 5) is 5.25. The molecule has 3 aliphatic rings. The third-order valence-corrected chi connectivity index (χ3v) is 6.09. The van der Waals surface area contributed by atoms with Crippen LogP contribution in [0.5, 0.6) is 0 Å². The van der Waals surface area contributed by atoms with Gasteiger partial charge in [-0.2, -0.15) is 0 Å². The maximum atomic E-state index is 3.93. The summed E-state index contributed by atoms with van der Waals surface area (Å²) >= 11 is 0. The molecular formula is C17H33N3. The summed E-state index contributed by atoms with van der Waals surface area (Å²) < 4.78 is 0. The zero-order chi connectivity index (χ0) is 14.2. The molecule has 0 aromatic carbocycles. The maximum Gasteiger partial charge on any atom is 0.0328 e. The zero-order valence-electron chi connectivity index (χ0n) is 13.7. The number of hydrogen-bond donors (Lipinski definition) is 1. The van der Waals surface area contributed by atoms with Crippen LogP contribution in [0, 0.1) is 0 Å². The summed E-state index contributed by atoms with van der Waals surface area (Å²) in [5.41, 5.74) is 0.425. The monoisotopic (exact) mass is 279 g/mol. The predicted molar refractivity (Wildman–Crippen MR) is 85.1 cm³/mol. The minimum Gasteiger partial charge on any atom is -0.311 e. The van der Waals surface area contributed by atoms with E-state index in [-0.39, 0.29) is 0 Å². The van der Waals surface area contributed by atoms with Crippen molar-refractivity contribution >= 4 is 0 Å². The number of nitrogens with zero attached hydrogens (tertiary/aromatic N) is 2. The molecule has 2 saturated carbocycles. The molecule has 3 heteroatoms. The smallest absolute Gasteiger partial charge is 0.0328 e. The molecule has 0 bridgehead atoms. The van der Waals surface area contributed by atoms with E-state index >= 15 is 0 Å². The van der Waals surface area contributed by atoms with Crippen molar-refractivity contribution in [3.63, 3.8) is 0 Å². The lowest BCUT2D eigenvalue weighted by molar-refractivity contribution is 0.0953. The normalized spacial score (nSPS) is 34.8. The Hall–Kier alpha value is -0.120. The molecule has 2 atom stereocenters. The molecule has 1 saturated heterocycles. The van der Waals surface area contributed by atoms with Crippen LogP contribution in [0.3, 0.4) is 0 Å². The molecule has 1 aliphatic heterocycles. The molecule has 2 unspecified atom stereocenters. The van der Waals surface area contributed by atoms with Crippen molar-refractivity contribution in [3.8, 4) is 0 Å². The van der Waals surface area contributed by atoms with E-state index in [1.165, 1.54) is 64.5 Å². The molecule has 0 amide bonds. The first-order valence-electron chi connectivity index (χ1n) is 8.77. The van der Waals surface area contributed by atoms with Gasteiger partial charge in [0.2, 0.25) is 0 Å². The fraction of sp³-hybridized carbons (Fsp3) is 1.00. The maximum absolute atomic E-state index is 3.93. The molecule has 0 radical (unpaired) electrons. The van der Waals surface area contributed by atoms with E-state index in [4.69, 9.17) is 0 Å². The van der Waals surface area contributed by atoms with Crippen molar-refractivity contribution in [2.24, 2.45) is 0 Å².